The van der Waals surface area contributed by atoms with E-state index in [2.05, 4.69) is 10.6 Å². The molecule has 3 N–H and O–H groups in total. The molecular formula is C14H20N2O3S. The Morgan fingerprint density at radius 3 is 2.60 bits per heavy atom. The van der Waals surface area contributed by atoms with Gasteiger partial charge in [-0.1, -0.05) is 30.3 Å². The van der Waals surface area contributed by atoms with Gasteiger partial charge in [0.1, 0.15) is 6.04 Å². The number of nitrogens with one attached hydrogen (secondary N) is 2. The van der Waals surface area contributed by atoms with Crippen LogP contribution in [-0.4, -0.2) is 41.7 Å². The number of benzene rings is 1. The molecule has 6 heteroatoms. The number of hydrogen-bond acceptors (Lipinski definition) is 3. The van der Waals surface area contributed by atoms with E-state index in [0.717, 1.165) is 12.0 Å². The number of rotatable bonds is 8. The Labute approximate surface area is 123 Å². The van der Waals surface area contributed by atoms with Crippen LogP contribution in [0.5, 0.6) is 0 Å². The van der Waals surface area contributed by atoms with Gasteiger partial charge in [0.15, 0.2) is 0 Å². The molecular weight excluding hydrogens is 276 g/mol. The third-order valence-electron chi connectivity index (χ3n) is 2.76. The molecule has 20 heavy (non-hydrogen) atoms. The third kappa shape index (κ3) is 6.47. The van der Waals surface area contributed by atoms with Crippen LogP contribution in [0.4, 0.5) is 4.79 Å². The van der Waals surface area contributed by atoms with Gasteiger partial charge in [-0.2, -0.15) is 11.8 Å². The molecule has 0 unspecified atom stereocenters. The summed E-state index contributed by atoms with van der Waals surface area (Å²) in [7, 11) is 0. The SMILES string of the molecule is CSCC[C@H](NC(=O)NCCc1ccccc1)C(=O)O. The zero-order chi connectivity index (χ0) is 14.8. The molecule has 0 fully saturated rings. The zero-order valence-electron chi connectivity index (χ0n) is 11.5. The van der Waals surface area contributed by atoms with Crippen molar-refractivity contribution >= 4 is 23.8 Å². The highest BCUT2D eigenvalue weighted by Crippen LogP contribution is 2.01. The standard InChI is InChI=1S/C14H20N2O3S/c1-20-10-8-12(13(17)18)16-14(19)15-9-7-11-5-3-2-4-6-11/h2-6,12H,7-10H2,1H3,(H,17,18)(H2,15,16,19)/t12-/m0/s1. The maximum Gasteiger partial charge on any atom is 0.326 e. The highest BCUT2D eigenvalue weighted by Gasteiger charge is 2.18. The molecule has 0 aliphatic carbocycles. The summed E-state index contributed by atoms with van der Waals surface area (Å²) in [5.41, 5.74) is 1.13. The molecule has 0 aliphatic heterocycles. The van der Waals surface area contributed by atoms with Gasteiger partial charge in [-0.3, -0.25) is 0 Å². The quantitative estimate of drug-likeness (QED) is 0.683. The van der Waals surface area contributed by atoms with Gasteiger partial charge in [0, 0.05) is 6.54 Å². The van der Waals surface area contributed by atoms with Crippen LogP contribution < -0.4 is 10.6 Å². The molecule has 0 aromatic heterocycles. The van der Waals surface area contributed by atoms with Crippen molar-refractivity contribution in [2.75, 3.05) is 18.6 Å². The molecule has 1 aromatic carbocycles. The van der Waals surface area contributed by atoms with Crippen molar-refractivity contribution in [3.8, 4) is 0 Å². The lowest BCUT2D eigenvalue weighted by molar-refractivity contribution is -0.139. The second-order valence-electron chi connectivity index (χ2n) is 4.31. The fourth-order valence-corrected chi connectivity index (χ4v) is 2.14. The first-order valence-electron chi connectivity index (χ1n) is 6.43. The average Bonchev–Trinajstić information content (AvgIpc) is 2.44. The average molecular weight is 296 g/mol. The Bertz CT molecular complexity index is 426. The molecule has 1 rings (SSSR count). The fourth-order valence-electron chi connectivity index (χ4n) is 1.67. The molecule has 1 atom stereocenters. The molecule has 0 saturated carbocycles. The summed E-state index contributed by atoms with van der Waals surface area (Å²) in [6, 6.07) is 8.52. The summed E-state index contributed by atoms with van der Waals surface area (Å²) in [5.74, 6) is -0.307. The van der Waals surface area contributed by atoms with Crippen molar-refractivity contribution in [1.29, 1.82) is 0 Å². The van der Waals surface area contributed by atoms with Crippen molar-refractivity contribution in [3.63, 3.8) is 0 Å². The van der Waals surface area contributed by atoms with Gasteiger partial charge < -0.3 is 15.7 Å². The van der Waals surface area contributed by atoms with E-state index in [-0.39, 0.29) is 0 Å². The zero-order valence-corrected chi connectivity index (χ0v) is 12.3. The summed E-state index contributed by atoms with van der Waals surface area (Å²) in [4.78, 5) is 22.6. The molecule has 0 bridgehead atoms. The van der Waals surface area contributed by atoms with Gasteiger partial charge in [0.05, 0.1) is 0 Å². The van der Waals surface area contributed by atoms with Crippen molar-refractivity contribution < 1.29 is 14.7 Å². The lowest BCUT2D eigenvalue weighted by atomic mass is 10.1. The van der Waals surface area contributed by atoms with Gasteiger partial charge >= 0.3 is 12.0 Å². The van der Waals surface area contributed by atoms with Crippen LogP contribution in [0, 0.1) is 0 Å². The molecule has 5 nitrogen and oxygen atoms in total. The minimum Gasteiger partial charge on any atom is -0.480 e. The largest absolute Gasteiger partial charge is 0.480 e. The van der Waals surface area contributed by atoms with Crippen molar-refractivity contribution in [3.05, 3.63) is 35.9 Å². The summed E-state index contributed by atoms with van der Waals surface area (Å²) >= 11 is 1.55. The topological polar surface area (TPSA) is 78.4 Å². The number of carbonyl (C=O) groups is 2. The smallest absolute Gasteiger partial charge is 0.326 e. The second kappa shape index (κ2) is 9.25. The summed E-state index contributed by atoms with van der Waals surface area (Å²) in [6.07, 6.45) is 3.04. The van der Waals surface area contributed by atoms with Crippen LogP contribution in [0.2, 0.25) is 0 Å². The van der Waals surface area contributed by atoms with E-state index in [9.17, 15) is 9.59 Å². The monoisotopic (exact) mass is 296 g/mol. The number of carboxylic acid groups (broad SMARTS) is 1. The number of carboxylic acids is 1. The predicted octanol–water partition coefficient (Wildman–Crippen LogP) is 1.73. The minimum atomic E-state index is -1.00. The molecule has 0 aliphatic rings. The molecule has 0 radical (unpaired) electrons. The van der Waals surface area contributed by atoms with E-state index in [0.29, 0.717) is 18.7 Å². The van der Waals surface area contributed by atoms with Gasteiger partial charge in [-0.25, -0.2) is 9.59 Å². The van der Waals surface area contributed by atoms with Crippen LogP contribution in [-0.2, 0) is 11.2 Å². The van der Waals surface area contributed by atoms with Crippen LogP contribution in [0.15, 0.2) is 30.3 Å². The van der Waals surface area contributed by atoms with E-state index < -0.39 is 18.0 Å². The summed E-state index contributed by atoms with van der Waals surface area (Å²) in [6.45, 7) is 0.477. The Kier molecular flexibility index (Phi) is 7.57. The molecule has 1 aromatic rings. The molecule has 0 spiro atoms. The maximum absolute atomic E-state index is 11.6. The third-order valence-corrected chi connectivity index (χ3v) is 3.40. The number of carbonyl (C=O) groups excluding carboxylic acids is 1. The highest BCUT2D eigenvalue weighted by atomic mass is 32.2. The van der Waals surface area contributed by atoms with Gasteiger partial charge in [0.2, 0.25) is 0 Å². The first-order chi connectivity index (χ1) is 9.63. The Hall–Kier alpha value is -1.69. The maximum atomic E-state index is 11.6. The van der Waals surface area contributed by atoms with Crippen LogP contribution in [0.25, 0.3) is 0 Å². The fraction of sp³-hybridized carbons (Fsp3) is 0.429. The van der Waals surface area contributed by atoms with Crippen molar-refractivity contribution in [1.82, 2.24) is 10.6 Å². The van der Waals surface area contributed by atoms with Crippen LogP contribution in [0.1, 0.15) is 12.0 Å². The molecule has 0 heterocycles. The molecule has 0 saturated heterocycles. The van der Waals surface area contributed by atoms with E-state index in [4.69, 9.17) is 5.11 Å². The number of thioether (sulfide) groups is 1. The lowest BCUT2D eigenvalue weighted by Gasteiger charge is -2.14. The van der Waals surface area contributed by atoms with E-state index >= 15 is 0 Å². The van der Waals surface area contributed by atoms with E-state index in [1.165, 1.54) is 0 Å². The molecule has 2 amide bonds. The van der Waals surface area contributed by atoms with Gasteiger partial charge in [0.25, 0.3) is 0 Å². The van der Waals surface area contributed by atoms with Gasteiger partial charge in [-0.05, 0) is 30.4 Å². The number of aliphatic carboxylic acids is 1. The van der Waals surface area contributed by atoms with Crippen LogP contribution in [0.3, 0.4) is 0 Å². The second-order valence-corrected chi connectivity index (χ2v) is 5.29. The Morgan fingerprint density at radius 1 is 1.30 bits per heavy atom. The predicted molar refractivity (Wildman–Crippen MR) is 81.1 cm³/mol. The Morgan fingerprint density at radius 2 is 2.00 bits per heavy atom. The van der Waals surface area contributed by atoms with E-state index in [1.54, 1.807) is 11.8 Å². The van der Waals surface area contributed by atoms with Crippen LogP contribution >= 0.6 is 11.8 Å². The minimum absolute atomic E-state index is 0.419. The normalized spacial score (nSPS) is 11.7. The summed E-state index contributed by atoms with van der Waals surface area (Å²) in [5, 5.41) is 14.1. The first-order valence-corrected chi connectivity index (χ1v) is 7.83. The number of amides is 2. The van der Waals surface area contributed by atoms with Crippen molar-refractivity contribution in [2.45, 2.75) is 18.9 Å². The number of hydrogen-bond donors (Lipinski definition) is 3. The number of urea groups is 1. The Balaban J connectivity index is 2.29. The highest BCUT2D eigenvalue weighted by molar-refractivity contribution is 7.98. The summed E-state index contributed by atoms with van der Waals surface area (Å²) < 4.78 is 0. The van der Waals surface area contributed by atoms with Gasteiger partial charge in [-0.15, -0.1) is 0 Å². The van der Waals surface area contributed by atoms with Crippen molar-refractivity contribution in [2.24, 2.45) is 0 Å². The lowest BCUT2D eigenvalue weighted by Crippen LogP contribution is -2.46. The first kappa shape index (κ1) is 16.4. The van der Waals surface area contributed by atoms with E-state index in [1.807, 2.05) is 36.6 Å². The molecule has 110 valence electrons.